The molecular weight excluding hydrogens is 270 g/mol. The average Bonchev–Trinajstić information content (AvgIpc) is 2.76. The van der Waals surface area contributed by atoms with Gasteiger partial charge in [-0.3, -0.25) is 0 Å². The molecule has 3 unspecified atom stereocenters. The predicted molar refractivity (Wildman–Crippen MR) is 90.3 cm³/mol. The Balaban J connectivity index is 1.62. The van der Waals surface area contributed by atoms with Crippen molar-refractivity contribution in [3.05, 3.63) is 0 Å². The maximum absolute atomic E-state index is 10.5. The summed E-state index contributed by atoms with van der Waals surface area (Å²) < 4.78 is 0. The van der Waals surface area contributed by atoms with E-state index < -0.39 is 5.60 Å². The topological polar surface area (TPSA) is 46.2 Å². The van der Waals surface area contributed by atoms with E-state index in [0.717, 1.165) is 36.5 Å². The van der Waals surface area contributed by atoms with E-state index in [9.17, 15) is 5.11 Å². The zero-order chi connectivity index (χ0) is 15.8. The molecule has 0 bridgehead atoms. The van der Waals surface area contributed by atoms with E-state index in [1.54, 1.807) is 0 Å². The summed E-state index contributed by atoms with van der Waals surface area (Å²) in [4.78, 5) is 0. The molecule has 3 N–H and O–H groups in total. The lowest BCUT2D eigenvalue weighted by Gasteiger charge is -2.61. The Kier molecular flexibility index (Phi) is 3.32. The van der Waals surface area contributed by atoms with E-state index >= 15 is 0 Å². The van der Waals surface area contributed by atoms with Crippen LogP contribution in [0.25, 0.3) is 0 Å². The van der Waals surface area contributed by atoms with Crippen molar-refractivity contribution in [2.24, 2.45) is 40.2 Å². The molecule has 22 heavy (non-hydrogen) atoms. The molecule has 8 atom stereocenters. The summed E-state index contributed by atoms with van der Waals surface area (Å²) in [5, 5.41) is 10.5. The van der Waals surface area contributed by atoms with E-state index in [1.165, 1.54) is 44.9 Å². The molecule has 0 aromatic carbocycles. The third-order valence-corrected chi connectivity index (χ3v) is 9.03. The van der Waals surface area contributed by atoms with Crippen molar-refractivity contribution in [1.29, 1.82) is 0 Å². The highest BCUT2D eigenvalue weighted by molar-refractivity contribution is 5.11. The summed E-state index contributed by atoms with van der Waals surface area (Å²) in [7, 11) is 0. The van der Waals surface area contributed by atoms with Crippen LogP contribution in [0.1, 0.15) is 78.6 Å². The summed E-state index contributed by atoms with van der Waals surface area (Å²) in [6.07, 6.45) is 11.4. The fourth-order valence-electron chi connectivity index (χ4n) is 7.47. The van der Waals surface area contributed by atoms with Gasteiger partial charge in [-0.2, -0.15) is 0 Å². The molecule has 0 heterocycles. The van der Waals surface area contributed by atoms with Crippen molar-refractivity contribution in [1.82, 2.24) is 0 Å². The number of hydrogen-bond donors (Lipinski definition) is 2. The average molecular weight is 306 g/mol. The van der Waals surface area contributed by atoms with Crippen LogP contribution >= 0.6 is 0 Å². The van der Waals surface area contributed by atoms with Crippen LogP contribution in [0.3, 0.4) is 0 Å². The Morgan fingerprint density at radius 2 is 1.55 bits per heavy atom. The number of nitrogens with two attached hydrogens (primary N) is 1. The number of hydrogen-bond acceptors (Lipinski definition) is 2. The fourth-order valence-corrected chi connectivity index (χ4v) is 7.47. The van der Waals surface area contributed by atoms with Crippen molar-refractivity contribution in [2.75, 3.05) is 0 Å². The van der Waals surface area contributed by atoms with Gasteiger partial charge in [0.05, 0.1) is 5.60 Å². The molecule has 2 nitrogen and oxygen atoms in total. The molecule has 0 radical (unpaired) electrons. The SMILES string of the molecule is C[C@@]1(O)CC[C@@]2(C)C(CC[C@@H]3C2CC[C@@]2(C)C3CC[C@@H]2N)C1. The van der Waals surface area contributed by atoms with Gasteiger partial charge in [-0.05, 0) is 99.2 Å². The monoisotopic (exact) mass is 305 g/mol. The third-order valence-electron chi connectivity index (χ3n) is 9.03. The molecule has 0 aromatic heterocycles. The van der Waals surface area contributed by atoms with E-state index in [-0.39, 0.29) is 0 Å². The van der Waals surface area contributed by atoms with E-state index in [4.69, 9.17) is 5.73 Å². The Hall–Kier alpha value is -0.0800. The van der Waals surface area contributed by atoms with Gasteiger partial charge in [0.1, 0.15) is 0 Å². The molecular formula is C20H35NO. The molecule has 0 aromatic rings. The minimum absolute atomic E-state index is 0.407. The second-order valence-corrected chi connectivity index (χ2v) is 10.1. The van der Waals surface area contributed by atoms with Crippen LogP contribution in [0.15, 0.2) is 0 Å². The number of aliphatic hydroxyl groups is 1. The fraction of sp³-hybridized carbons (Fsp3) is 1.00. The first-order chi connectivity index (χ1) is 10.3. The minimum atomic E-state index is -0.407. The van der Waals surface area contributed by atoms with Crippen molar-refractivity contribution >= 4 is 0 Å². The molecule has 4 rings (SSSR count). The molecule has 4 fully saturated rings. The van der Waals surface area contributed by atoms with E-state index in [2.05, 4.69) is 20.8 Å². The maximum Gasteiger partial charge on any atom is 0.0622 e. The molecule has 4 aliphatic rings. The Bertz CT molecular complexity index is 461. The summed E-state index contributed by atoms with van der Waals surface area (Å²) in [6.45, 7) is 7.12. The van der Waals surface area contributed by atoms with E-state index in [1.807, 2.05) is 0 Å². The van der Waals surface area contributed by atoms with Gasteiger partial charge in [0.2, 0.25) is 0 Å². The molecule has 0 aliphatic heterocycles. The molecule has 126 valence electrons. The van der Waals surface area contributed by atoms with Crippen LogP contribution in [0.5, 0.6) is 0 Å². The summed E-state index contributed by atoms with van der Waals surface area (Å²) in [5.74, 6) is 3.43. The molecule has 4 saturated carbocycles. The Morgan fingerprint density at radius 1 is 0.818 bits per heavy atom. The molecule has 0 spiro atoms. The highest BCUT2D eigenvalue weighted by Gasteiger charge is 2.60. The van der Waals surface area contributed by atoms with Gasteiger partial charge < -0.3 is 10.8 Å². The first-order valence-corrected chi connectivity index (χ1v) is 9.74. The highest BCUT2D eigenvalue weighted by Crippen LogP contribution is 2.66. The summed E-state index contributed by atoms with van der Waals surface area (Å²) in [6, 6.07) is 0.441. The molecule has 0 amide bonds. The molecule has 4 aliphatic carbocycles. The standard InChI is InChI=1S/C20H35NO/c1-18(22)10-11-19(2)13(12-18)4-5-14-15-6-7-17(21)20(15,3)9-8-16(14)19/h13-17,22H,4-12,21H2,1-3H3/t13?,14-,15?,16?,17-,18+,19-,20-/m0/s1. The Labute approximate surface area is 136 Å². The van der Waals surface area contributed by atoms with Crippen LogP contribution in [0, 0.1) is 34.5 Å². The van der Waals surface area contributed by atoms with Gasteiger partial charge in [-0.15, -0.1) is 0 Å². The largest absolute Gasteiger partial charge is 0.390 e. The van der Waals surface area contributed by atoms with Crippen LogP contribution in [0.2, 0.25) is 0 Å². The van der Waals surface area contributed by atoms with Gasteiger partial charge in [-0.1, -0.05) is 13.8 Å². The van der Waals surface area contributed by atoms with Crippen LogP contribution < -0.4 is 5.73 Å². The van der Waals surface area contributed by atoms with Crippen LogP contribution in [-0.4, -0.2) is 16.7 Å². The van der Waals surface area contributed by atoms with Crippen LogP contribution in [-0.2, 0) is 0 Å². The number of fused-ring (bicyclic) bond motifs is 5. The number of rotatable bonds is 0. The smallest absolute Gasteiger partial charge is 0.0622 e. The second kappa shape index (κ2) is 4.72. The van der Waals surface area contributed by atoms with Crippen LogP contribution in [0.4, 0.5) is 0 Å². The lowest BCUT2D eigenvalue weighted by atomic mass is 9.44. The summed E-state index contributed by atoms with van der Waals surface area (Å²) >= 11 is 0. The lowest BCUT2D eigenvalue weighted by molar-refractivity contribution is -0.143. The predicted octanol–water partition coefficient (Wildman–Crippen LogP) is 4.11. The highest BCUT2D eigenvalue weighted by atomic mass is 16.3. The van der Waals surface area contributed by atoms with Gasteiger partial charge >= 0.3 is 0 Å². The second-order valence-electron chi connectivity index (χ2n) is 10.1. The Morgan fingerprint density at radius 3 is 2.32 bits per heavy atom. The first-order valence-electron chi connectivity index (χ1n) is 9.74. The maximum atomic E-state index is 10.5. The van der Waals surface area contributed by atoms with Crippen molar-refractivity contribution in [3.63, 3.8) is 0 Å². The van der Waals surface area contributed by atoms with Crippen molar-refractivity contribution < 1.29 is 5.11 Å². The molecule has 2 heteroatoms. The zero-order valence-corrected chi connectivity index (χ0v) is 14.8. The zero-order valence-electron chi connectivity index (χ0n) is 14.8. The normalized spacial score (nSPS) is 61.2. The van der Waals surface area contributed by atoms with Gasteiger partial charge in [0, 0.05) is 6.04 Å². The van der Waals surface area contributed by atoms with Crippen molar-refractivity contribution in [2.45, 2.75) is 90.2 Å². The minimum Gasteiger partial charge on any atom is -0.390 e. The third kappa shape index (κ3) is 1.99. The first kappa shape index (κ1) is 15.4. The summed E-state index contributed by atoms with van der Waals surface area (Å²) in [5.41, 5.74) is 7.01. The van der Waals surface area contributed by atoms with Crippen molar-refractivity contribution in [3.8, 4) is 0 Å². The van der Waals surface area contributed by atoms with Gasteiger partial charge in [-0.25, -0.2) is 0 Å². The lowest BCUT2D eigenvalue weighted by Crippen LogP contribution is -2.56. The van der Waals surface area contributed by atoms with E-state index in [0.29, 0.717) is 16.9 Å². The quantitative estimate of drug-likeness (QED) is 0.707. The van der Waals surface area contributed by atoms with Gasteiger partial charge in [0.25, 0.3) is 0 Å². The van der Waals surface area contributed by atoms with Gasteiger partial charge in [0.15, 0.2) is 0 Å². The molecule has 0 saturated heterocycles.